The highest BCUT2D eigenvalue weighted by molar-refractivity contribution is 4.90. The summed E-state index contributed by atoms with van der Waals surface area (Å²) in [5.74, 6) is 0.473. The molecule has 1 unspecified atom stereocenters. The second-order valence-corrected chi connectivity index (χ2v) is 2.27. The summed E-state index contributed by atoms with van der Waals surface area (Å²) in [4.78, 5) is 3.80. The maximum Gasteiger partial charge on any atom is 0.256 e. The van der Waals surface area contributed by atoms with E-state index in [1.54, 1.807) is 0 Å². The Morgan fingerprint density at radius 2 is 2.33 bits per heavy atom. The third-order valence-corrected chi connectivity index (χ3v) is 1.33. The summed E-state index contributed by atoms with van der Waals surface area (Å²) in [5, 5.41) is 21.2. The van der Waals surface area contributed by atoms with Crippen LogP contribution in [0.25, 0.3) is 0 Å². The van der Waals surface area contributed by atoms with Crippen molar-refractivity contribution in [3.63, 3.8) is 0 Å². The summed E-state index contributed by atoms with van der Waals surface area (Å²) in [6.45, 7) is -0.00154. The first kappa shape index (κ1) is 9.11. The smallest absolute Gasteiger partial charge is 0.256 e. The number of hydrogen-bond acceptors (Lipinski definition) is 6. The van der Waals surface area contributed by atoms with Gasteiger partial charge in [-0.3, -0.25) is 0 Å². The molecule has 4 N–H and O–H groups in total. The monoisotopic (exact) mass is 173 g/mol. The van der Waals surface area contributed by atoms with Crippen molar-refractivity contribution in [1.82, 2.24) is 10.1 Å². The van der Waals surface area contributed by atoms with Crippen molar-refractivity contribution in [3.8, 4) is 0 Å². The van der Waals surface area contributed by atoms with Crippen LogP contribution in [-0.2, 0) is 6.42 Å². The average Bonchev–Trinajstić information content (AvgIpc) is 2.52. The van der Waals surface area contributed by atoms with Gasteiger partial charge in [-0.2, -0.15) is 4.98 Å². The first-order chi connectivity index (χ1) is 5.77. The number of nitrogens with zero attached hydrogens (tertiary/aromatic N) is 2. The zero-order chi connectivity index (χ0) is 8.97. The number of aliphatic hydroxyl groups is 2. The van der Waals surface area contributed by atoms with Crippen LogP contribution < -0.4 is 5.73 Å². The molecule has 0 amide bonds. The summed E-state index contributed by atoms with van der Waals surface area (Å²) in [5.41, 5.74) is 5.16. The highest BCUT2D eigenvalue weighted by atomic mass is 16.5. The lowest BCUT2D eigenvalue weighted by Gasteiger charge is -1.97. The lowest BCUT2D eigenvalue weighted by atomic mass is 10.3. The average molecular weight is 173 g/mol. The molecule has 0 saturated heterocycles. The van der Waals surface area contributed by atoms with Crippen LogP contribution in [0.15, 0.2) is 4.52 Å². The van der Waals surface area contributed by atoms with Crippen LogP contribution in [0.5, 0.6) is 0 Å². The molecule has 0 aliphatic rings. The molecule has 1 rings (SSSR count). The van der Waals surface area contributed by atoms with E-state index < -0.39 is 6.10 Å². The maximum absolute atomic E-state index is 9.13. The van der Waals surface area contributed by atoms with Crippen molar-refractivity contribution >= 4 is 0 Å². The van der Waals surface area contributed by atoms with E-state index in [2.05, 4.69) is 14.7 Å². The van der Waals surface area contributed by atoms with Gasteiger partial charge in [0.1, 0.15) is 6.10 Å². The minimum Gasteiger partial charge on any atom is -0.396 e. The minimum atomic E-state index is -0.912. The van der Waals surface area contributed by atoms with E-state index in [0.29, 0.717) is 12.2 Å². The molecule has 0 bridgehead atoms. The summed E-state index contributed by atoms with van der Waals surface area (Å²) in [7, 11) is 0. The molecule has 0 fully saturated rings. The van der Waals surface area contributed by atoms with Gasteiger partial charge in [-0.25, -0.2) is 0 Å². The molecule has 1 aromatic rings. The number of nitrogens with two attached hydrogens (primary N) is 1. The topological polar surface area (TPSA) is 105 Å². The Balaban J connectivity index is 2.63. The van der Waals surface area contributed by atoms with Crippen LogP contribution in [0.3, 0.4) is 0 Å². The number of aliphatic hydroxyl groups excluding tert-OH is 2. The van der Waals surface area contributed by atoms with E-state index in [9.17, 15) is 0 Å². The summed E-state index contributed by atoms with van der Waals surface area (Å²) >= 11 is 0. The van der Waals surface area contributed by atoms with Crippen LogP contribution in [0.2, 0.25) is 0 Å². The van der Waals surface area contributed by atoms with Crippen LogP contribution in [0, 0.1) is 0 Å². The molecule has 6 nitrogen and oxygen atoms in total. The van der Waals surface area contributed by atoms with Crippen molar-refractivity contribution in [1.29, 1.82) is 0 Å². The first-order valence-electron chi connectivity index (χ1n) is 3.59. The van der Waals surface area contributed by atoms with E-state index in [4.69, 9.17) is 15.9 Å². The summed E-state index contributed by atoms with van der Waals surface area (Å²) in [6, 6.07) is 0. The van der Waals surface area contributed by atoms with Crippen LogP contribution >= 0.6 is 0 Å². The zero-order valence-corrected chi connectivity index (χ0v) is 6.47. The Kier molecular flexibility index (Phi) is 3.15. The Labute approximate surface area is 69.0 Å². The van der Waals surface area contributed by atoms with Crippen LogP contribution in [0.1, 0.15) is 17.8 Å². The van der Waals surface area contributed by atoms with Crippen molar-refractivity contribution < 1.29 is 14.7 Å². The van der Waals surface area contributed by atoms with Crippen LogP contribution in [-0.4, -0.2) is 33.5 Å². The van der Waals surface area contributed by atoms with Gasteiger partial charge in [0.05, 0.1) is 6.61 Å². The van der Waals surface area contributed by atoms with Gasteiger partial charge in [-0.05, 0) is 0 Å². The van der Waals surface area contributed by atoms with Crippen molar-refractivity contribution in [2.45, 2.75) is 12.5 Å². The fourth-order valence-corrected chi connectivity index (χ4v) is 0.705. The summed E-state index contributed by atoms with van der Waals surface area (Å²) < 4.78 is 4.67. The third kappa shape index (κ3) is 2.00. The summed E-state index contributed by atoms with van der Waals surface area (Å²) in [6.07, 6.45) is -0.592. The second kappa shape index (κ2) is 4.15. The van der Waals surface area contributed by atoms with Gasteiger partial charge >= 0.3 is 0 Å². The standard InChI is InChI=1S/C6H11N3O3/c7-3-4(11)6-8-5(1-2-10)9-12-6/h4,10-11H,1-3,7H2. The van der Waals surface area contributed by atoms with E-state index in [1.807, 2.05) is 0 Å². The zero-order valence-electron chi connectivity index (χ0n) is 6.47. The Hall–Kier alpha value is -0.980. The number of aromatic nitrogens is 2. The van der Waals surface area contributed by atoms with Gasteiger partial charge in [0, 0.05) is 13.0 Å². The minimum absolute atomic E-state index is 0.0424. The predicted molar refractivity (Wildman–Crippen MR) is 39.1 cm³/mol. The van der Waals surface area contributed by atoms with Gasteiger partial charge in [-0.1, -0.05) is 5.16 Å². The molecule has 68 valence electrons. The highest BCUT2D eigenvalue weighted by Gasteiger charge is 2.13. The molecule has 0 radical (unpaired) electrons. The SMILES string of the molecule is NCC(O)c1nc(CCO)no1. The first-order valence-corrected chi connectivity index (χ1v) is 3.59. The fraction of sp³-hybridized carbons (Fsp3) is 0.667. The predicted octanol–water partition coefficient (Wildman–Crippen LogP) is -1.40. The second-order valence-electron chi connectivity index (χ2n) is 2.27. The van der Waals surface area contributed by atoms with Crippen molar-refractivity contribution in [2.24, 2.45) is 5.73 Å². The van der Waals surface area contributed by atoms with Crippen molar-refractivity contribution in [3.05, 3.63) is 11.7 Å². The lowest BCUT2D eigenvalue weighted by molar-refractivity contribution is 0.141. The Bertz CT molecular complexity index is 238. The maximum atomic E-state index is 9.13. The molecule has 1 aromatic heterocycles. The van der Waals surface area contributed by atoms with Gasteiger partial charge in [0.25, 0.3) is 5.89 Å². The van der Waals surface area contributed by atoms with E-state index in [0.717, 1.165) is 0 Å². The molecule has 1 atom stereocenters. The fourth-order valence-electron chi connectivity index (χ4n) is 0.705. The Morgan fingerprint density at radius 3 is 2.92 bits per heavy atom. The molecule has 0 spiro atoms. The molecule has 6 heteroatoms. The number of rotatable bonds is 4. The van der Waals surface area contributed by atoms with E-state index in [-0.39, 0.29) is 19.0 Å². The number of hydrogen-bond donors (Lipinski definition) is 3. The van der Waals surface area contributed by atoms with Gasteiger partial charge in [-0.15, -0.1) is 0 Å². The lowest BCUT2D eigenvalue weighted by Crippen LogP contribution is -2.11. The van der Waals surface area contributed by atoms with E-state index >= 15 is 0 Å². The van der Waals surface area contributed by atoms with E-state index in [1.165, 1.54) is 0 Å². The largest absolute Gasteiger partial charge is 0.396 e. The molecule has 1 heterocycles. The Morgan fingerprint density at radius 1 is 1.58 bits per heavy atom. The molecule has 0 aromatic carbocycles. The molecule has 0 aliphatic carbocycles. The molecule has 0 aliphatic heterocycles. The quantitative estimate of drug-likeness (QED) is 0.517. The molecule has 12 heavy (non-hydrogen) atoms. The normalized spacial score (nSPS) is 13.2. The van der Waals surface area contributed by atoms with Crippen LogP contribution in [0.4, 0.5) is 0 Å². The molecular weight excluding hydrogens is 162 g/mol. The molecule has 0 saturated carbocycles. The third-order valence-electron chi connectivity index (χ3n) is 1.33. The van der Waals surface area contributed by atoms with Crippen molar-refractivity contribution in [2.75, 3.05) is 13.2 Å². The van der Waals surface area contributed by atoms with Gasteiger partial charge in [0.2, 0.25) is 0 Å². The molecular formula is C6H11N3O3. The highest BCUT2D eigenvalue weighted by Crippen LogP contribution is 2.07. The van der Waals surface area contributed by atoms with Gasteiger partial charge < -0.3 is 20.5 Å². The van der Waals surface area contributed by atoms with Gasteiger partial charge in [0.15, 0.2) is 5.82 Å².